The maximum absolute atomic E-state index is 12.0. The Morgan fingerprint density at radius 1 is 1.12 bits per heavy atom. The summed E-state index contributed by atoms with van der Waals surface area (Å²) in [6.07, 6.45) is 1.74. The number of carbonyl (C=O) groups excluding carboxylic acids is 1. The molecule has 0 saturated heterocycles. The fraction of sp³-hybridized carbons (Fsp3) is 0.158. The SMILES string of the molecule is CCOc1ccc(/C=C2/C(=O)ON=C2c2ccccc2)cc1OC. The van der Waals surface area contributed by atoms with Gasteiger partial charge in [-0.1, -0.05) is 41.6 Å². The van der Waals surface area contributed by atoms with Gasteiger partial charge in [-0.25, -0.2) is 4.79 Å². The molecule has 1 aliphatic heterocycles. The summed E-state index contributed by atoms with van der Waals surface area (Å²) in [7, 11) is 1.58. The first-order chi connectivity index (χ1) is 11.7. The van der Waals surface area contributed by atoms with Gasteiger partial charge in [-0.3, -0.25) is 0 Å². The Balaban J connectivity index is 1.97. The molecule has 5 nitrogen and oxygen atoms in total. The number of ether oxygens (including phenoxy) is 2. The molecule has 0 bridgehead atoms. The van der Waals surface area contributed by atoms with Crippen LogP contribution in [-0.4, -0.2) is 25.4 Å². The molecule has 1 aliphatic rings. The third kappa shape index (κ3) is 3.15. The van der Waals surface area contributed by atoms with E-state index in [2.05, 4.69) is 5.16 Å². The number of nitrogens with zero attached hydrogens (tertiary/aromatic N) is 1. The summed E-state index contributed by atoms with van der Waals surface area (Å²) < 4.78 is 10.8. The molecule has 122 valence electrons. The van der Waals surface area contributed by atoms with Crippen LogP contribution in [0.25, 0.3) is 6.08 Å². The lowest BCUT2D eigenvalue weighted by molar-refractivity contribution is -0.136. The van der Waals surface area contributed by atoms with Crippen molar-refractivity contribution in [3.63, 3.8) is 0 Å². The first-order valence-corrected chi connectivity index (χ1v) is 7.60. The van der Waals surface area contributed by atoms with Gasteiger partial charge in [0.25, 0.3) is 0 Å². The average Bonchev–Trinajstić information content (AvgIpc) is 2.98. The van der Waals surface area contributed by atoms with E-state index in [4.69, 9.17) is 14.3 Å². The molecule has 24 heavy (non-hydrogen) atoms. The lowest BCUT2D eigenvalue weighted by Gasteiger charge is -2.09. The van der Waals surface area contributed by atoms with Crippen molar-refractivity contribution >= 4 is 17.8 Å². The van der Waals surface area contributed by atoms with Crippen LogP contribution in [0.15, 0.2) is 59.3 Å². The number of hydrogen-bond acceptors (Lipinski definition) is 5. The summed E-state index contributed by atoms with van der Waals surface area (Å²) >= 11 is 0. The Kier molecular flexibility index (Phi) is 4.61. The largest absolute Gasteiger partial charge is 0.493 e. The van der Waals surface area contributed by atoms with Crippen LogP contribution in [0.4, 0.5) is 0 Å². The Morgan fingerprint density at radius 2 is 1.92 bits per heavy atom. The summed E-state index contributed by atoms with van der Waals surface area (Å²) in [5.41, 5.74) is 2.56. The zero-order chi connectivity index (χ0) is 16.9. The Labute approximate surface area is 140 Å². The van der Waals surface area contributed by atoms with Gasteiger partial charge in [0.05, 0.1) is 19.3 Å². The van der Waals surface area contributed by atoms with Gasteiger partial charge in [0, 0.05) is 5.56 Å². The summed E-state index contributed by atoms with van der Waals surface area (Å²) in [5, 5.41) is 3.90. The predicted molar refractivity (Wildman–Crippen MR) is 91.2 cm³/mol. The van der Waals surface area contributed by atoms with Gasteiger partial charge < -0.3 is 14.3 Å². The van der Waals surface area contributed by atoms with Crippen LogP contribution in [0.1, 0.15) is 18.1 Å². The molecule has 0 amide bonds. The zero-order valence-corrected chi connectivity index (χ0v) is 13.5. The van der Waals surface area contributed by atoms with E-state index < -0.39 is 5.97 Å². The normalized spacial score (nSPS) is 15.2. The van der Waals surface area contributed by atoms with Crippen molar-refractivity contribution in [2.45, 2.75) is 6.92 Å². The van der Waals surface area contributed by atoms with E-state index >= 15 is 0 Å². The molecular weight excluding hydrogens is 306 g/mol. The standard InChI is InChI=1S/C19H17NO4/c1-3-23-16-10-9-13(12-17(16)22-2)11-15-18(20-24-19(15)21)14-7-5-4-6-8-14/h4-12H,3H2,1-2H3/b15-11+. The fourth-order valence-electron chi connectivity index (χ4n) is 2.43. The van der Waals surface area contributed by atoms with Crippen molar-refractivity contribution in [3.8, 4) is 11.5 Å². The highest BCUT2D eigenvalue weighted by molar-refractivity contribution is 6.31. The van der Waals surface area contributed by atoms with Crippen LogP contribution >= 0.6 is 0 Å². The van der Waals surface area contributed by atoms with Crippen LogP contribution in [0.3, 0.4) is 0 Å². The molecular formula is C19H17NO4. The van der Waals surface area contributed by atoms with Crippen molar-refractivity contribution in [1.29, 1.82) is 0 Å². The Hall–Kier alpha value is -3.08. The molecule has 0 atom stereocenters. The lowest BCUT2D eigenvalue weighted by atomic mass is 10.0. The molecule has 0 fully saturated rings. The minimum Gasteiger partial charge on any atom is -0.493 e. The molecule has 0 saturated carbocycles. The number of methoxy groups -OCH3 is 1. The zero-order valence-electron chi connectivity index (χ0n) is 13.5. The van der Waals surface area contributed by atoms with Gasteiger partial charge in [-0.2, -0.15) is 0 Å². The molecule has 2 aromatic rings. The van der Waals surface area contributed by atoms with Crippen molar-refractivity contribution in [2.24, 2.45) is 5.16 Å². The van der Waals surface area contributed by atoms with Crippen LogP contribution < -0.4 is 9.47 Å². The van der Waals surface area contributed by atoms with Crippen LogP contribution in [0, 0.1) is 0 Å². The Bertz CT molecular complexity index is 809. The van der Waals surface area contributed by atoms with Gasteiger partial charge in [0.1, 0.15) is 5.71 Å². The molecule has 5 heteroatoms. The van der Waals surface area contributed by atoms with E-state index in [1.54, 1.807) is 13.2 Å². The summed E-state index contributed by atoms with van der Waals surface area (Å²) in [6.45, 7) is 2.46. The first kappa shape index (κ1) is 15.8. The van der Waals surface area contributed by atoms with Crippen molar-refractivity contribution < 1.29 is 19.1 Å². The number of carbonyl (C=O) groups is 1. The van der Waals surface area contributed by atoms with Gasteiger partial charge in [-0.15, -0.1) is 0 Å². The highest BCUT2D eigenvalue weighted by Crippen LogP contribution is 2.30. The van der Waals surface area contributed by atoms with Gasteiger partial charge >= 0.3 is 5.97 Å². The summed E-state index contributed by atoms with van der Waals surface area (Å²) in [5.74, 6) is 0.797. The highest BCUT2D eigenvalue weighted by Gasteiger charge is 2.26. The topological polar surface area (TPSA) is 57.1 Å². The van der Waals surface area contributed by atoms with Crippen molar-refractivity contribution in [1.82, 2.24) is 0 Å². The van der Waals surface area contributed by atoms with Crippen LogP contribution in [-0.2, 0) is 9.63 Å². The van der Waals surface area contributed by atoms with E-state index in [0.717, 1.165) is 11.1 Å². The minimum absolute atomic E-state index is 0.410. The van der Waals surface area contributed by atoms with Crippen molar-refractivity contribution in [2.75, 3.05) is 13.7 Å². The van der Waals surface area contributed by atoms with Crippen molar-refractivity contribution in [3.05, 3.63) is 65.2 Å². The molecule has 2 aromatic carbocycles. The van der Waals surface area contributed by atoms with Gasteiger partial charge in [-0.05, 0) is 30.7 Å². The molecule has 0 aliphatic carbocycles. The van der Waals surface area contributed by atoms with E-state index in [1.165, 1.54) is 0 Å². The molecule has 0 N–H and O–H groups in total. The second kappa shape index (κ2) is 7.00. The quantitative estimate of drug-likeness (QED) is 0.625. The predicted octanol–water partition coefficient (Wildman–Crippen LogP) is 3.44. The molecule has 0 unspecified atom stereocenters. The van der Waals surface area contributed by atoms with Gasteiger partial charge in [0.15, 0.2) is 11.5 Å². The monoisotopic (exact) mass is 323 g/mol. The second-order valence-corrected chi connectivity index (χ2v) is 5.09. The number of oxime groups is 1. The third-order valence-corrected chi connectivity index (χ3v) is 3.54. The summed E-state index contributed by atoms with van der Waals surface area (Å²) in [6, 6.07) is 14.9. The Morgan fingerprint density at radius 3 is 2.62 bits per heavy atom. The molecule has 0 aromatic heterocycles. The third-order valence-electron chi connectivity index (χ3n) is 3.54. The molecule has 0 spiro atoms. The van der Waals surface area contributed by atoms with Crippen LogP contribution in [0.2, 0.25) is 0 Å². The van der Waals surface area contributed by atoms with E-state index in [9.17, 15) is 4.79 Å². The van der Waals surface area contributed by atoms with E-state index in [1.807, 2.05) is 55.5 Å². The smallest absolute Gasteiger partial charge is 0.368 e. The van der Waals surface area contributed by atoms with E-state index in [0.29, 0.717) is 29.4 Å². The first-order valence-electron chi connectivity index (χ1n) is 7.60. The number of benzene rings is 2. The van der Waals surface area contributed by atoms with Crippen LogP contribution in [0.5, 0.6) is 11.5 Å². The lowest BCUT2D eigenvalue weighted by Crippen LogP contribution is -2.06. The highest BCUT2D eigenvalue weighted by atomic mass is 16.7. The molecule has 0 radical (unpaired) electrons. The minimum atomic E-state index is -0.471. The maximum atomic E-state index is 12.0. The average molecular weight is 323 g/mol. The fourth-order valence-corrected chi connectivity index (χ4v) is 2.43. The number of hydrogen-bond donors (Lipinski definition) is 0. The molecule has 3 rings (SSSR count). The number of rotatable bonds is 5. The molecule has 1 heterocycles. The summed E-state index contributed by atoms with van der Waals surface area (Å²) in [4.78, 5) is 16.9. The van der Waals surface area contributed by atoms with E-state index in [-0.39, 0.29) is 0 Å². The van der Waals surface area contributed by atoms with Gasteiger partial charge in [0.2, 0.25) is 0 Å². The second-order valence-electron chi connectivity index (χ2n) is 5.09. The maximum Gasteiger partial charge on any atom is 0.368 e.